The second kappa shape index (κ2) is 8.36. The van der Waals surface area contributed by atoms with Gasteiger partial charge in [0, 0.05) is 24.5 Å². The Bertz CT molecular complexity index is 631. The normalized spacial score (nSPS) is 13.0. The van der Waals surface area contributed by atoms with E-state index in [1.807, 2.05) is 38.5 Å². The van der Waals surface area contributed by atoms with Gasteiger partial charge in [0.25, 0.3) is 0 Å². The van der Waals surface area contributed by atoms with E-state index in [-0.39, 0.29) is 6.10 Å². The first-order valence-electron chi connectivity index (χ1n) is 8.19. The maximum atomic E-state index is 5.91. The molecule has 0 aliphatic rings. The molecule has 1 N–H and O–H groups in total. The smallest absolute Gasteiger partial charge is 0.138 e. The van der Waals surface area contributed by atoms with Crippen LogP contribution in [0, 0.1) is 0 Å². The Morgan fingerprint density at radius 2 is 2.17 bits per heavy atom. The zero-order chi connectivity index (χ0) is 16.7. The van der Waals surface area contributed by atoms with Crippen molar-refractivity contribution in [2.24, 2.45) is 7.05 Å². The minimum atomic E-state index is -0.0556. The number of pyridine rings is 1. The highest BCUT2D eigenvalue weighted by Crippen LogP contribution is 2.22. The van der Waals surface area contributed by atoms with E-state index in [4.69, 9.17) is 4.74 Å². The number of anilines is 1. The van der Waals surface area contributed by atoms with E-state index in [0.717, 1.165) is 36.4 Å². The highest BCUT2D eigenvalue weighted by Gasteiger charge is 2.09. The Balaban J connectivity index is 1.97. The Hall–Kier alpha value is -2.30. The quantitative estimate of drug-likeness (QED) is 0.781. The Labute approximate surface area is 138 Å². The van der Waals surface area contributed by atoms with Gasteiger partial charge in [-0.3, -0.25) is 4.68 Å². The molecular weight excluding hydrogens is 288 g/mol. The number of nitrogens with zero attached hydrogens (tertiary/aromatic N) is 3. The monoisotopic (exact) mass is 314 g/mol. The molecule has 0 unspecified atom stereocenters. The molecule has 0 saturated heterocycles. The van der Waals surface area contributed by atoms with Crippen LogP contribution >= 0.6 is 0 Å². The summed E-state index contributed by atoms with van der Waals surface area (Å²) in [6.45, 7) is 6.32. The third kappa shape index (κ3) is 5.13. The summed E-state index contributed by atoms with van der Waals surface area (Å²) in [6.07, 6.45) is 10.9. The summed E-state index contributed by atoms with van der Waals surface area (Å²) >= 11 is 0. The summed E-state index contributed by atoms with van der Waals surface area (Å²) in [5, 5.41) is 7.54. The number of nitrogens with one attached hydrogen (secondary N) is 1. The van der Waals surface area contributed by atoms with Crippen molar-refractivity contribution in [3.63, 3.8) is 0 Å². The van der Waals surface area contributed by atoms with Crippen molar-refractivity contribution < 1.29 is 4.74 Å². The molecule has 0 amide bonds. The van der Waals surface area contributed by atoms with E-state index in [9.17, 15) is 0 Å². The van der Waals surface area contributed by atoms with Gasteiger partial charge in [-0.05, 0) is 31.9 Å². The summed E-state index contributed by atoms with van der Waals surface area (Å²) in [5.74, 6) is 1.60. The van der Waals surface area contributed by atoms with Crippen LogP contribution in [0.1, 0.15) is 51.7 Å². The minimum absolute atomic E-state index is 0.0556. The van der Waals surface area contributed by atoms with Crippen molar-refractivity contribution in [3.8, 4) is 5.75 Å². The fourth-order valence-corrected chi connectivity index (χ4v) is 2.34. The number of ether oxygens (including phenoxy) is 1. The van der Waals surface area contributed by atoms with Gasteiger partial charge >= 0.3 is 0 Å². The molecule has 0 aliphatic heterocycles. The Kier molecular flexibility index (Phi) is 6.20. The van der Waals surface area contributed by atoms with Crippen molar-refractivity contribution in [1.29, 1.82) is 0 Å². The summed E-state index contributed by atoms with van der Waals surface area (Å²) in [6, 6.07) is 3.89. The molecule has 0 saturated carbocycles. The molecule has 0 spiro atoms. The molecule has 2 heterocycles. The molecule has 2 aromatic heterocycles. The van der Waals surface area contributed by atoms with E-state index in [1.165, 1.54) is 5.70 Å². The lowest BCUT2D eigenvalue weighted by atomic mass is 10.2. The van der Waals surface area contributed by atoms with Crippen molar-refractivity contribution in [3.05, 3.63) is 48.1 Å². The fraction of sp³-hybridized carbons (Fsp3) is 0.444. The van der Waals surface area contributed by atoms with Crippen LogP contribution in [0.4, 0.5) is 5.82 Å². The summed E-state index contributed by atoms with van der Waals surface area (Å²) in [5.41, 5.74) is 2.27. The second-order valence-corrected chi connectivity index (χ2v) is 5.60. The zero-order valence-corrected chi connectivity index (χ0v) is 14.4. The van der Waals surface area contributed by atoms with Crippen LogP contribution in [0.15, 0.2) is 42.5 Å². The number of allylic oxidation sites excluding steroid dienone is 2. The average molecular weight is 314 g/mol. The highest BCUT2D eigenvalue weighted by atomic mass is 16.5. The SMILES string of the molecule is CC/C=C(/CCC)Nc1ccc(O[C@@H](C)c2cnn(C)c2)cn1. The van der Waals surface area contributed by atoms with Gasteiger partial charge in [-0.1, -0.05) is 26.3 Å². The predicted octanol–water partition coefficient (Wildman–Crippen LogP) is 4.46. The Morgan fingerprint density at radius 1 is 1.35 bits per heavy atom. The van der Waals surface area contributed by atoms with E-state index < -0.39 is 0 Å². The number of aryl methyl sites for hydroxylation is 1. The van der Waals surface area contributed by atoms with Gasteiger partial charge in [0.05, 0.1) is 12.4 Å². The zero-order valence-electron chi connectivity index (χ0n) is 14.4. The molecule has 2 rings (SSSR count). The van der Waals surface area contributed by atoms with E-state index in [1.54, 1.807) is 10.9 Å². The molecule has 0 radical (unpaired) electrons. The first kappa shape index (κ1) is 17.1. The van der Waals surface area contributed by atoms with Gasteiger partial charge in [-0.25, -0.2) is 4.98 Å². The maximum absolute atomic E-state index is 5.91. The third-order valence-corrected chi connectivity index (χ3v) is 3.50. The molecule has 5 nitrogen and oxygen atoms in total. The number of rotatable bonds is 8. The van der Waals surface area contributed by atoms with Crippen LogP contribution in [-0.4, -0.2) is 14.8 Å². The third-order valence-electron chi connectivity index (χ3n) is 3.50. The summed E-state index contributed by atoms with van der Waals surface area (Å²) in [7, 11) is 1.90. The van der Waals surface area contributed by atoms with Crippen molar-refractivity contribution in [1.82, 2.24) is 14.8 Å². The van der Waals surface area contributed by atoms with E-state index in [2.05, 4.69) is 35.3 Å². The topological polar surface area (TPSA) is 52.0 Å². The minimum Gasteiger partial charge on any atom is -0.484 e. The average Bonchev–Trinajstić information content (AvgIpc) is 2.96. The maximum Gasteiger partial charge on any atom is 0.138 e. The highest BCUT2D eigenvalue weighted by molar-refractivity contribution is 5.43. The van der Waals surface area contributed by atoms with Gasteiger partial charge in [0.1, 0.15) is 17.7 Å². The van der Waals surface area contributed by atoms with Crippen molar-refractivity contribution >= 4 is 5.82 Å². The van der Waals surface area contributed by atoms with Crippen LogP contribution in [0.2, 0.25) is 0 Å². The van der Waals surface area contributed by atoms with Crippen LogP contribution in [-0.2, 0) is 7.05 Å². The molecule has 0 aliphatic carbocycles. The number of hydrogen-bond acceptors (Lipinski definition) is 4. The largest absolute Gasteiger partial charge is 0.484 e. The first-order valence-corrected chi connectivity index (χ1v) is 8.19. The lowest BCUT2D eigenvalue weighted by Crippen LogP contribution is -2.04. The lowest BCUT2D eigenvalue weighted by molar-refractivity contribution is 0.226. The summed E-state index contributed by atoms with van der Waals surface area (Å²) in [4.78, 5) is 4.44. The fourth-order valence-electron chi connectivity index (χ4n) is 2.34. The molecule has 1 atom stereocenters. The molecule has 5 heteroatoms. The van der Waals surface area contributed by atoms with Gasteiger partial charge in [0.15, 0.2) is 0 Å². The van der Waals surface area contributed by atoms with E-state index in [0.29, 0.717) is 0 Å². The lowest BCUT2D eigenvalue weighted by Gasteiger charge is -2.14. The van der Waals surface area contributed by atoms with Gasteiger partial charge in [0.2, 0.25) is 0 Å². The van der Waals surface area contributed by atoms with Crippen molar-refractivity contribution in [2.75, 3.05) is 5.32 Å². The van der Waals surface area contributed by atoms with Crippen LogP contribution in [0.5, 0.6) is 5.75 Å². The summed E-state index contributed by atoms with van der Waals surface area (Å²) < 4.78 is 7.68. The molecule has 23 heavy (non-hydrogen) atoms. The number of aromatic nitrogens is 3. The van der Waals surface area contributed by atoms with Crippen LogP contribution in [0.3, 0.4) is 0 Å². The molecule has 0 aromatic carbocycles. The first-order chi connectivity index (χ1) is 11.1. The van der Waals surface area contributed by atoms with E-state index >= 15 is 0 Å². The van der Waals surface area contributed by atoms with Gasteiger partial charge in [-0.15, -0.1) is 0 Å². The standard InChI is InChI=1S/C18H26N4O/c1-5-7-16(8-6-2)21-18-10-9-17(12-19-18)23-14(3)15-11-20-22(4)13-15/h7,9-14H,5-6,8H2,1-4H3,(H,19,21)/b16-7-/t14-/m0/s1. The molecule has 0 bridgehead atoms. The van der Waals surface area contributed by atoms with Gasteiger partial charge in [-0.2, -0.15) is 5.10 Å². The second-order valence-electron chi connectivity index (χ2n) is 5.60. The molecule has 2 aromatic rings. The van der Waals surface area contributed by atoms with Gasteiger partial charge < -0.3 is 10.1 Å². The van der Waals surface area contributed by atoms with Crippen molar-refractivity contribution in [2.45, 2.75) is 46.1 Å². The Morgan fingerprint density at radius 3 is 2.74 bits per heavy atom. The van der Waals surface area contributed by atoms with Crippen LogP contribution < -0.4 is 10.1 Å². The molecular formula is C18H26N4O. The molecule has 124 valence electrons. The predicted molar refractivity (Wildman–Crippen MR) is 93.4 cm³/mol. The van der Waals surface area contributed by atoms with Crippen LogP contribution in [0.25, 0.3) is 0 Å². The number of hydrogen-bond donors (Lipinski definition) is 1. The molecule has 0 fully saturated rings.